The highest BCUT2D eigenvalue weighted by atomic mass is 19.4. The van der Waals surface area contributed by atoms with Gasteiger partial charge in [0.2, 0.25) is 0 Å². The molecule has 0 spiro atoms. The van der Waals surface area contributed by atoms with Gasteiger partial charge >= 0.3 is 12.2 Å². The number of halogens is 4. The maximum Gasteiger partial charge on any atom is 0.416 e. The van der Waals surface area contributed by atoms with Gasteiger partial charge in [-0.15, -0.1) is 0 Å². The molecule has 0 aromatic heterocycles. The molecule has 1 aliphatic rings. The Hall–Kier alpha value is -1.83. The second-order valence-electron chi connectivity index (χ2n) is 5.92. The van der Waals surface area contributed by atoms with E-state index in [-0.39, 0.29) is 18.7 Å². The summed E-state index contributed by atoms with van der Waals surface area (Å²) in [7, 11) is 0. The number of hydrogen-bond donors (Lipinski definition) is 3. The molecule has 1 fully saturated rings. The molecule has 1 aromatic rings. The third-order valence-electron chi connectivity index (χ3n) is 3.84. The van der Waals surface area contributed by atoms with Crippen molar-refractivity contribution in [2.75, 3.05) is 13.1 Å². The van der Waals surface area contributed by atoms with Crippen molar-refractivity contribution in [2.45, 2.75) is 37.5 Å². The van der Waals surface area contributed by atoms with Crippen molar-refractivity contribution >= 4 is 6.03 Å². The monoisotopic (exact) mass is 334 g/mol. The van der Waals surface area contributed by atoms with Crippen LogP contribution in [0.15, 0.2) is 18.2 Å². The molecule has 2 rings (SSSR count). The summed E-state index contributed by atoms with van der Waals surface area (Å²) in [5.74, 6) is -0.945. The first kappa shape index (κ1) is 17.5. The van der Waals surface area contributed by atoms with Gasteiger partial charge in [0.1, 0.15) is 5.82 Å². The Labute approximate surface area is 130 Å². The highest BCUT2D eigenvalue weighted by Gasteiger charge is 2.45. The van der Waals surface area contributed by atoms with Crippen molar-refractivity contribution in [3.05, 3.63) is 35.1 Å². The fourth-order valence-corrected chi connectivity index (χ4v) is 2.33. The summed E-state index contributed by atoms with van der Waals surface area (Å²) in [5, 5.41) is 14.0. The molecule has 1 aliphatic carbocycles. The van der Waals surface area contributed by atoms with Crippen molar-refractivity contribution in [1.29, 1.82) is 0 Å². The van der Waals surface area contributed by atoms with Crippen LogP contribution in [0, 0.1) is 5.82 Å². The number of amides is 2. The number of urea groups is 1. The van der Waals surface area contributed by atoms with Gasteiger partial charge in [0, 0.05) is 18.5 Å². The third kappa shape index (κ3) is 4.57. The first-order valence-electron chi connectivity index (χ1n) is 7.20. The van der Waals surface area contributed by atoms with Gasteiger partial charge in [0.25, 0.3) is 0 Å². The Morgan fingerprint density at radius 1 is 1.30 bits per heavy atom. The number of carbonyl (C=O) groups is 1. The van der Waals surface area contributed by atoms with E-state index < -0.39 is 35.1 Å². The Morgan fingerprint density at radius 2 is 1.96 bits per heavy atom. The summed E-state index contributed by atoms with van der Waals surface area (Å²) >= 11 is 0. The third-order valence-corrected chi connectivity index (χ3v) is 3.84. The quantitative estimate of drug-likeness (QED) is 0.725. The fraction of sp³-hybridized carbons (Fsp3) is 0.533. The van der Waals surface area contributed by atoms with E-state index in [0.29, 0.717) is 18.9 Å². The summed E-state index contributed by atoms with van der Waals surface area (Å²) in [5.41, 5.74) is -1.46. The minimum absolute atomic E-state index is 0.0665. The standard InChI is InChI=1S/C15H18F4N2O2/c1-9(22)7-20-13(23)21-8-14(2-3-14)10-4-11(15(17,18)19)6-12(16)5-10/h4-6,9,22H,2-3,7-8H2,1H3,(H2,20,21,23)/t9-/m1/s1. The summed E-state index contributed by atoms with van der Waals surface area (Å²) < 4.78 is 51.8. The lowest BCUT2D eigenvalue weighted by Gasteiger charge is -2.19. The zero-order chi connectivity index (χ0) is 17.3. The Balaban J connectivity index is 2.06. The molecule has 4 nitrogen and oxygen atoms in total. The van der Waals surface area contributed by atoms with Gasteiger partial charge in [0.15, 0.2) is 0 Å². The van der Waals surface area contributed by atoms with Crippen LogP contribution in [0.3, 0.4) is 0 Å². The SMILES string of the molecule is C[C@@H](O)CNC(=O)NCC1(c2cc(F)cc(C(F)(F)F)c2)CC1. The molecule has 0 heterocycles. The van der Waals surface area contributed by atoms with Gasteiger partial charge < -0.3 is 15.7 Å². The molecule has 1 atom stereocenters. The number of rotatable bonds is 5. The Morgan fingerprint density at radius 3 is 2.48 bits per heavy atom. The average molecular weight is 334 g/mol. The van der Waals surface area contributed by atoms with Crippen molar-refractivity contribution < 1.29 is 27.5 Å². The van der Waals surface area contributed by atoms with Gasteiger partial charge in [-0.05, 0) is 43.5 Å². The van der Waals surface area contributed by atoms with Crippen molar-refractivity contribution in [3.63, 3.8) is 0 Å². The molecule has 23 heavy (non-hydrogen) atoms. The van der Waals surface area contributed by atoms with Crippen LogP contribution in [0.1, 0.15) is 30.9 Å². The van der Waals surface area contributed by atoms with E-state index in [4.69, 9.17) is 5.11 Å². The van der Waals surface area contributed by atoms with Gasteiger partial charge in [-0.25, -0.2) is 9.18 Å². The van der Waals surface area contributed by atoms with E-state index in [0.717, 1.165) is 12.1 Å². The molecule has 128 valence electrons. The van der Waals surface area contributed by atoms with Crippen LogP contribution in [0.5, 0.6) is 0 Å². The minimum atomic E-state index is -4.62. The average Bonchev–Trinajstić information content (AvgIpc) is 3.22. The van der Waals surface area contributed by atoms with Gasteiger partial charge in [-0.2, -0.15) is 13.2 Å². The predicted molar refractivity (Wildman–Crippen MR) is 75.4 cm³/mol. The van der Waals surface area contributed by atoms with Crippen LogP contribution in [0.2, 0.25) is 0 Å². The van der Waals surface area contributed by atoms with E-state index in [1.54, 1.807) is 0 Å². The highest BCUT2D eigenvalue weighted by molar-refractivity contribution is 5.74. The van der Waals surface area contributed by atoms with Crippen LogP contribution in [-0.2, 0) is 11.6 Å². The fourth-order valence-electron chi connectivity index (χ4n) is 2.33. The van der Waals surface area contributed by atoms with E-state index in [1.807, 2.05) is 0 Å². The van der Waals surface area contributed by atoms with Gasteiger partial charge in [0.05, 0.1) is 11.7 Å². The molecule has 0 saturated heterocycles. The summed E-state index contributed by atoms with van der Waals surface area (Å²) in [4.78, 5) is 11.6. The zero-order valence-corrected chi connectivity index (χ0v) is 12.5. The van der Waals surface area contributed by atoms with E-state index in [1.165, 1.54) is 6.92 Å². The Bertz CT molecular complexity index is 583. The molecule has 8 heteroatoms. The normalized spacial score (nSPS) is 17.5. The number of aliphatic hydroxyl groups is 1. The lowest BCUT2D eigenvalue weighted by atomic mass is 9.94. The number of hydrogen-bond acceptors (Lipinski definition) is 2. The van der Waals surface area contributed by atoms with E-state index in [9.17, 15) is 22.4 Å². The second kappa shape index (κ2) is 6.35. The van der Waals surface area contributed by atoms with Crippen LogP contribution in [0.25, 0.3) is 0 Å². The molecule has 2 amide bonds. The molecule has 0 radical (unpaired) electrons. The Kier molecular flexibility index (Phi) is 4.84. The number of alkyl halides is 3. The highest BCUT2D eigenvalue weighted by Crippen LogP contribution is 2.48. The van der Waals surface area contributed by atoms with Crippen molar-refractivity contribution in [2.24, 2.45) is 0 Å². The first-order valence-corrected chi connectivity index (χ1v) is 7.20. The van der Waals surface area contributed by atoms with Gasteiger partial charge in [-0.3, -0.25) is 0 Å². The zero-order valence-electron chi connectivity index (χ0n) is 12.5. The molecule has 1 saturated carbocycles. The lowest BCUT2D eigenvalue weighted by molar-refractivity contribution is -0.137. The summed E-state index contributed by atoms with van der Waals surface area (Å²) in [6, 6.07) is 1.95. The van der Waals surface area contributed by atoms with Crippen molar-refractivity contribution in [1.82, 2.24) is 10.6 Å². The minimum Gasteiger partial charge on any atom is -0.392 e. The van der Waals surface area contributed by atoms with E-state index in [2.05, 4.69) is 10.6 Å². The van der Waals surface area contributed by atoms with Crippen LogP contribution < -0.4 is 10.6 Å². The molecule has 0 bridgehead atoms. The van der Waals surface area contributed by atoms with Crippen LogP contribution >= 0.6 is 0 Å². The summed E-state index contributed by atoms with van der Waals surface area (Å²) in [6.45, 7) is 1.69. The molecular weight excluding hydrogens is 316 g/mol. The molecule has 0 aliphatic heterocycles. The lowest BCUT2D eigenvalue weighted by Crippen LogP contribution is -2.42. The maximum absolute atomic E-state index is 13.5. The maximum atomic E-state index is 13.5. The second-order valence-corrected chi connectivity index (χ2v) is 5.92. The largest absolute Gasteiger partial charge is 0.416 e. The van der Waals surface area contributed by atoms with Crippen LogP contribution in [0.4, 0.5) is 22.4 Å². The molecule has 3 N–H and O–H groups in total. The number of nitrogens with one attached hydrogen (secondary N) is 2. The molecule has 0 unspecified atom stereocenters. The van der Waals surface area contributed by atoms with Gasteiger partial charge in [-0.1, -0.05) is 0 Å². The predicted octanol–water partition coefficient (Wildman–Crippen LogP) is 2.56. The summed E-state index contributed by atoms with van der Waals surface area (Å²) in [6.07, 6.45) is -4.17. The topological polar surface area (TPSA) is 61.4 Å². The number of carbonyl (C=O) groups excluding carboxylic acids is 1. The molecule has 1 aromatic carbocycles. The van der Waals surface area contributed by atoms with Crippen molar-refractivity contribution in [3.8, 4) is 0 Å². The molecular formula is C15H18F4N2O2. The number of benzene rings is 1. The first-order chi connectivity index (χ1) is 10.6. The van der Waals surface area contributed by atoms with Crippen LogP contribution in [-0.4, -0.2) is 30.3 Å². The van der Waals surface area contributed by atoms with E-state index >= 15 is 0 Å². The smallest absolute Gasteiger partial charge is 0.392 e. The number of aliphatic hydroxyl groups excluding tert-OH is 1.